The maximum Gasteiger partial charge on any atom is 0.409 e. The average Bonchev–Trinajstić information content (AvgIpc) is 2.95. The molecule has 0 spiro atoms. The molecule has 0 aromatic rings. The minimum atomic E-state index is -0.615. The van der Waals surface area contributed by atoms with Gasteiger partial charge in [0.15, 0.2) is 0 Å². The van der Waals surface area contributed by atoms with Crippen molar-refractivity contribution in [2.24, 2.45) is 11.8 Å². The van der Waals surface area contributed by atoms with Gasteiger partial charge in [-0.3, -0.25) is 0 Å². The third-order valence-electron chi connectivity index (χ3n) is 3.83. The summed E-state index contributed by atoms with van der Waals surface area (Å²) in [5.74, 6) is 0.715. The summed E-state index contributed by atoms with van der Waals surface area (Å²) in [7, 11) is 1.51. The zero-order chi connectivity index (χ0) is 12.0. The molecule has 1 aliphatic carbocycles. The lowest BCUT2D eigenvalue weighted by Crippen LogP contribution is -2.43. The van der Waals surface area contributed by atoms with E-state index in [4.69, 9.17) is 25.8 Å². The average molecular weight is 260 g/mol. The van der Waals surface area contributed by atoms with Crippen molar-refractivity contribution in [3.63, 3.8) is 0 Å². The van der Waals surface area contributed by atoms with Crippen LogP contribution in [-0.2, 0) is 14.2 Å². The standard InChI is InChI=1S/C11H14ClNO4/c1-13-10(14)16-9-8-6(2-3-15-9)4-7-11(8,5-12)17-7/h2-3,6-9H,4-5H2,1H3,(H,13,14)/t6-,7+,8+,9+,11+/m1/s1. The van der Waals surface area contributed by atoms with E-state index in [1.54, 1.807) is 6.26 Å². The summed E-state index contributed by atoms with van der Waals surface area (Å²) >= 11 is 5.99. The summed E-state index contributed by atoms with van der Waals surface area (Å²) in [6.07, 6.45) is 3.58. The van der Waals surface area contributed by atoms with E-state index in [-0.39, 0.29) is 17.6 Å². The molecular weight excluding hydrogens is 246 g/mol. The monoisotopic (exact) mass is 259 g/mol. The van der Waals surface area contributed by atoms with E-state index in [0.29, 0.717) is 11.8 Å². The van der Waals surface area contributed by atoms with Crippen LogP contribution in [0.3, 0.4) is 0 Å². The molecule has 2 heterocycles. The topological polar surface area (TPSA) is 60.1 Å². The number of alkyl carbamates (subject to hydrolysis) is 1. The SMILES string of the molecule is CNC(=O)O[C@@H]1OC=C[C@@H]2C[C@@H]3O[C@]3(CCl)[C@H]12. The quantitative estimate of drug-likeness (QED) is 0.598. The largest absolute Gasteiger partial charge is 0.462 e. The zero-order valence-corrected chi connectivity index (χ0v) is 10.1. The molecule has 0 bridgehead atoms. The number of hydrogen-bond acceptors (Lipinski definition) is 4. The number of carbonyl (C=O) groups excluding carboxylic acids is 1. The van der Waals surface area contributed by atoms with Crippen molar-refractivity contribution in [1.29, 1.82) is 0 Å². The van der Waals surface area contributed by atoms with Gasteiger partial charge in [0.1, 0.15) is 5.60 Å². The number of halogens is 1. The summed E-state index contributed by atoms with van der Waals surface area (Å²) in [6.45, 7) is 0. The number of amides is 1. The maximum absolute atomic E-state index is 11.3. The van der Waals surface area contributed by atoms with Gasteiger partial charge in [0, 0.05) is 7.05 Å². The lowest BCUT2D eigenvalue weighted by molar-refractivity contribution is -0.133. The second-order valence-corrected chi connectivity index (χ2v) is 4.88. The Labute approximate surface area is 104 Å². The molecule has 0 aromatic heterocycles. The van der Waals surface area contributed by atoms with E-state index >= 15 is 0 Å². The Morgan fingerprint density at radius 1 is 1.71 bits per heavy atom. The lowest BCUT2D eigenvalue weighted by Gasteiger charge is -2.33. The highest BCUT2D eigenvalue weighted by Crippen LogP contribution is 2.60. The van der Waals surface area contributed by atoms with Crippen LogP contribution in [0.4, 0.5) is 4.79 Å². The molecule has 17 heavy (non-hydrogen) atoms. The molecule has 94 valence electrons. The number of alkyl halides is 1. The van der Waals surface area contributed by atoms with Crippen LogP contribution >= 0.6 is 11.6 Å². The maximum atomic E-state index is 11.3. The van der Waals surface area contributed by atoms with Crippen molar-refractivity contribution in [2.75, 3.05) is 12.9 Å². The van der Waals surface area contributed by atoms with Gasteiger partial charge in [-0.1, -0.05) is 0 Å². The van der Waals surface area contributed by atoms with Gasteiger partial charge in [0.25, 0.3) is 6.29 Å². The smallest absolute Gasteiger partial charge is 0.409 e. The fraction of sp³-hybridized carbons (Fsp3) is 0.727. The minimum Gasteiger partial charge on any atom is -0.462 e. The number of ether oxygens (including phenoxy) is 3. The van der Waals surface area contributed by atoms with Crippen LogP contribution in [0.2, 0.25) is 0 Å². The van der Waals surface area contributed by atoms with Gasteiger partial charge >= 0.3 is 6.09 Å². The first-order chi connectivity index (χ1) is 8.21. The highest BCUT2D eigenvalue weighted by molar-refractivity contribution is 6.19. The van der Waals surface area contributed by atoms with Crippen LogP contribution in [0, 0.1) is 11.8 Å². The number of nitrogens with one attached hydrogen (secondary N) is 1. The van der Waals surface area contributed by atoms with Crippen molar-refractivity contribution in [3.05, 3.63) is 12.3 Å². The van der Waals surface area contributed by atoms with Gasteiger partial charge in [-0.15, -0.1) is 11.6 Å². The molecule has 0 unspecified atom stereocenters. The van der Waals surface area contributed by atoms with Crippen LogP contribution < -0.4 is 5.32 Å². The Kier molecular flexibility index (Phi) is 2.48. The molecule has 5 nitrogen and oxygen atoms in total. The molecule has 1 amide bonds. The van der Waals surface area contributed by atoms with E-state index in [1.807, 2.05) is 6.08 Å². The normalized spacial score (nSPS) is 45.5. The Morgan fingerprint density at radius 2 is 2.53 bits per heavy atom. The number of fused-ring (bicyclic) bond motifs is 3. The highest BCUT2D eigenvalue weighted by Gasteiger charge is 2.71. The van der Waals surface area contributed by atoms with Crippen LogP contribution in [0.5, 0.6) is 0 Å². The Bertz CT molecular complexity index is 370. The Balaban J connectivity index is 1.80. The summed E-state index contributed by atoms with van der Waals surface area (Å²) < 4.78 is 16.2. The van der Waals surface area contributed by atoms with Crippen molar-refractivity contribution in [1.82, 2.24) is 5.32 Å². The first-order valence-corrected chi connectivity index (χ1v) is 6.19. The third kappa shape index (κ3) is 1.52. The summed E-state index contributed by atoms with van der Waals surface area (Å²) in [4.78, 5) is 11.3. The van der Waals surface area contributed by atoms with Gasteiger partial charge in [-0.25, -0.2) is 4.79 Å². The number of rotatable bonds is 2. The Morgan fingerprint density at radius 3 is 3.24 bits per heavy atom. The molecule has 1 saturated heterocycles. The predicted octanol–water partition coefficient (Wildman–Crippen LogP) is 1.22. The van der Waals surface area contributed by atoms with E-state index in [9.17, 15) is 4.79 Å². The van der Waals surface area contributed by atoms with Crippen LogP contribution in [0.1, 0.15) is 6.42 Å². The molecule has 5 atom stereocenters. The van der Waals surface area contributed by atoms with Crippen LogP contribution in [-0.4, -0.2) is 37.0 Å². The summed E-state index contributed by atoms with van der Waals surface area (Å²) in [6, 6.07) is 0. The third-order valence-corrected chi connectivity index (χ3v) is 4.25. The summed E-state index contributed by atoms with van der Waals surface area (Å²) in [5, 5.41) is 2.41. The molecule has 1 N–H and O–H groups in total. The number of allylic oxidation sites excluding steroid dienone is 1. The first kappa shape index (κ1) is 11.2. The van der Waals surface area contributed by atoms with Crippen LogP contribution in [0.15, 0.2) is 12.3 Å². The fourth-order valence-corrected chi connectivity index (χ4v) is 3.35. The highest BCUT2D eigenvalue weighted by atomic mass is 35.5. The molecule has 0 aromatic carbocycles. The lowest BCUT2D eigenvalue weighted by atomic mass is 9.87. The Hall–Kier alpha value is -0.940. The number of carbonyl (C=O) groups is 1. The van der Waals surface area contributed by atoms with Gasteiger partial charge in [0.05, 0.1) is 24.2 Å². The zero-order valence-electron chi connectivity index (χ0n) is 9.39. The van der Waals surface area contributed by atoms with Crippen molar-refractivity contribution in [3.8, 4) is 0 Å². The van der Waals surface area contributed by atoms with E-state index in [0.717, 1.165) is 6.42 Å². The van der Waals surface area contributed by atoms with Gasteiger partial charge in [-0.2, -0.15) is 0 Å². The van der Waals surface area contributed by atoms with Gasteiger partial charge < -0.3 is 19.5 Å². The van der Waals surface area contributed by atoms with Gasteiger partial charge in [0.2, 0.25) is 0 Å². The molecule has 6 heteroatoms. The second kappa shape index (κ2) is 3.78. The predicted molar refractivity (Wildman–Crippen MR) is 59.5 cm³/mol. The molecule has 3 rings (SSSR count). The number of epoxide rings is 1. The van der Waals surface area contributed by atoms with Crippen molar-refractivity contribution in [2.45, 2.75) is 24.4 Å². The molecular formula is C11H14ClNO4. The van der Waals surface area contributed by atoms with Crippen molar-refractivity contribution >= 4 is 17.7 Å². The molecule has 2 fully saturated rings. The van der Waals surface area contributed by atoms with Crippen LogP contribution in [0.25, 0.3) is 0 Å². The van der Waals surface area contributed by atoms with E-state index in [1.165, 1.54) is 7.05 Å². The molecule has 2 aliphatic heterocycles. The molecule has 3 aliphatic rings. The van der Waals surface area contributed by atoms with Crippen molar-refractivity contribution < 1.29 is 19.0 Å². The fourth-order valence-electron chi connectivity index (χ4n) is 2.94. The summed E-state index contributed by atoms with van der Waals surface area (Å²) in [5.41, 5.74) is -0.365. The van der Waals surface area contributed by atoms with E-state index < -0.39 is 12.4 Å². The van der Waals surface area contributed by atoms with E-state index in [2.05, 4.69) is 5.32 Å². The minimum absolute atomic E-state index is 0.00713. The molecule has 1 saturated carbocycles. The second-order valence-electron chi connectivity index (χ2n) is 4.61. The van der Waals surface area contributed by atoms with Gasteiger partial charge in [-0.05, 0) is 18.4 Å². The molecule has 0 radical (unpaired) electrons. The number of hydrogen-bond donors (Lipinski definition) is 1. The first-order valence-electron chi connectivity index (χ1n) is 5.65.